The molecule has 13 heavy (non-hydrogen) atoms. The predicted octanol–water partition coefficient (Wildman–Crippen LogP) is 3.41. The third-order valence-corrected chi connectivity index (χ3v) is 2.50. The van der Waals surface area contributed by atoms with E-state index < -0.39 is 0 Å². The summed E-state index contributed by atoms with van der Waals surface area (Å²) in [5.41, 5.74) is 2.23. The fourth-order valence-electron chi connectivity index (χ4n) is 1.57. The number of hydrogen-bond acceptors (Lipinski definition) is 1. The van der Waals surface area contributed by atoms with Crippen LogP contribution in [0.1, 0.15) is 46.0 Å². The van der Waals surface area contributed by atoms with Gasteiger partial charge in [-0.2, -0.15) is 0 Å². The maximum absolute atomic E-state index is 11.3. The van der Waals surface area contributed by atoms with Gasteiger partial charge in [-0.05, 0) is 19.8 Å². The Morgan fingerprint density at radius 3 is 2.69 bits per heavy atom. The van der Waals surface area contributed by atoms with E-state index in [0.29, 0.717) is 5.78 Å². The van der Waals surface area contributed by atoms with E-state index >= 15 is 0 Å². The lowest BCUT2D eigenvalue weighted by Gasteiger charge is -1.93. The van der Waals surface area contributed by atoms with E-state index in [1.165, 1.54) is 18.4 Å². The van der Waals surface area contributed by atoms with Gasteiger partial charge in [0.05, 0.1) is 0 Å². The van der Waals surface area contributed by atoms with Gasteiger partial charge in [-0.15, -0.1) is 0 Å². The Labute approximate surface area is 80.5 Å². The number of rotatable bonds is 4. The van der Waals surface area contributed by atoms with Gasteiger partial charge in [0.15, 0.2) is 5.78 Å². The Hall–Kier alpha value is -0.850. The Balaban J connectivity index is 2.47. The molecular weight excluding hydrogens is 160 g/mol. The summed E-state index contributed by atoms with van der Waals surface area (Å²) >= 11 is 0. The van der Waals surface area contributed by atoms with Crippen molar-refractivity contribution in [3.63, 3.8) is 0 Å². The molecule has 0 N–H and O–H groups in total. The molecular formula is C12H18O. The van der Waals surface area contributed by atoms with Crippen LogP contribution in [-0.2, 0) is 4.79 Å². The summed E-state index contributed by atoms with van der Waals surface area (Å²) < 4.78 is 0. The van der Waals surface area contributed by atoms with Crippen molar-refractivity contribution in [1.82, 2.24) is 0 Å². The molecule has 0 spiro atoms. The van der Waals surface area contributed by atoms with Crippen LogP contribution < -0.4 is 0 Å². The van der Waals surface area contributed by atoms with E-state index in [4.69, 9.17) is 0 Å². The summed E-state index contributed by atoms with van der Waals surface area (Å²) in [5, 5.41) is 0. The quantitative estimate of drug-likeness (QED) is 0.603. The number of Topliss-reactive ketones (excluding diaryl/α,β-unsaturated/α-hetero) is 1. The van der Waals surface area contributed by atoms with Crippen molar-refractivity contribution in [3.8, 4) is 0 Å². The normalized spacial score (nSPS) is 17.8. The van der Waals surface area contributed by atoms with Crippen molar-refractivity contribution in [2.45, 2.75) is 46.0 Å². The highest BCUT2D eigenvalue weighted by atomic mass is 16.1. The molecule has 1 aliphatic carbocycles. The zero-order valence-corrected chi connectivity index (χ0v) is 8.60. The second kappa shape index (κ2) is 5.00. The van der Waals surface area contributed by atoms with Gasteiger partial charge >= 0.3 is 0 Å². The first kappa shape index (κ1) is 10.2. The van der Waals surface area contributed by atoms with Crippen LogP contribution in [0, 0.1) is 0 Å². The van der Waals surface area contributed by atoms with Crippen molar-refractivity contribution >= 4 is 5.78 Å². The maximum Gasteiger partial charge on any atom is 0.163 e. The number of unbranched alkanes of at least 4 members (excludes halogenated alkanes) is 2. The molecule has 0 fully saturated rings. The molecule has 1 nitrogen and oxygen atoms in total. The lowest BCUT2D eigenvalue weighted by atomic mass is 10.1. The van der Waals surface area contributed by atoms with Gasteiger partial charge in [0.1, 0.15) is 0 Å². The molecule has 0 radical (unpaired) electrons. The molecule has 1 rings (SSSR count). The molecule has 0 aromatic carbocycles. The van der Waals surface area contributed by atoms with E-state index in [-0.39, 0.29) is 0 Å². The van der Waals surface area contributed by atoms with E-state index in [1.54, 1.807) is 0 Å². The molecule has 0 saturated carbocycles. The van der Waals surface area contributed by atoms with Crippen molar-refractivity contribution in [1.29, 1.82) is 0 Å². The molecule has 0 unspecified atom stereocenters. The minimum absolute atomic E-state index is 0.324. The minimum atomic E-state index is 0.324. The Morgan fingerprint density at radius 2 is 2.15 bits per heavy atom. The lowest BCUT2D eigenvalue weighted by molar-refractivity contribution is -0.114. The van der Waals surface area contributed by atoms with Gasteiger partial charge in [0.2, 0.25) is 0 Å². The van der Waals surface area contributed by atoms with Gasteiger partial charge in [0, 0.05) is 12.0 Å². The summed E-state index contributed by atoms with van der Waals surface area (Å²) in [7, 11) is 0. The predicted molar refractivity (Wildman–Crippen MR) is 55.6 cm³/mol. The van der Waals surface area contributed by atoms with Crippen LogP contribution in [0.4, 0.5) is 0 Å². The topological polar surface area (TPSA) is 17.1 Å². The standard InChI is InChI=1S/C12H18O/c1-3-4-5-6-7-11-10(2)8-9-12(11)13/h6-7H,3-5,8-9H2,1-2H3/b7-6-. The van der Waals surface area contributed by atoms with E-state index in [0.717, 1.165) is 24.8 Å². The Bertz CT molecular complexity index is 246. The smallest absolute Gasteiger partial charge is 0.163 e. The van der Waals surface area contributed by atoms with Gasteiger partial charge in [0.25, 0.3) is 0 Å². The average Bonchev–Trinajstić information content (AvgIpc) is 2.42. The van der Waals surface area contributed by atoms with Crippen LogP contribution in [0.3, 0.4) is 0 Å². The van der Waals surface area contributed by atoms with Crippen LogP contribution >= 0.6 is 0 Å². The van der Waals surface area contributed by atoms with E-state index in [2.05, 4.69) is 19.9 Å². The second-order valence-corrected chi connectivity index (χ2v) is 3.66. The van der Waals surface area contributed by atoms with E-state index in [9.17, 15) is 4.79 Å². The molecule has 1 aliphatic rings. The minimum Gasteiger partial charge on any atom is -0.294 e. The van der Waals surface area contributed by atoms with Crippen molar-refractivity contribution in [2.24, 2.45) is 0 Å². The van der Waals surface area contributed by atoms with Crippen LogP contribution in [0.5, 0.6) is 0 Å². The van der Waals surface area contributed by atoms with Gasteiger partial charge < -0.3 is 0 Å². The van der Waals surface area contributed by atoms with Crippen LogP contribution in [-0.4, -0.2) is 5.78 Å². The summed E-state index contributed by atoms with van der Waals surface area (Å²) in [6.07, 6.45) is 9.37. The number of carbonyl (C=O) groups excluding carboxylic acids is 1. The molecule has 0 saturated heterocycles. The van der Waals surface area contributed by atoms with Crippen LogP contribution in [0.25, 0.3) is 0 Å². The molecule has 0 aromatic heterocycles. The van der Waals surface area contributed by atoms with Gasteiger partial charge in [-0.25, -0.2) is 0 Å². The fraction of sp³-hybridized carbons (Fsp3) is 0.583. The van der Waals surface area contributed by atoms with Crippen molar-refractivity contribution in [2.75, 3.05) is 0 Å². The summed E-state index contributed by atoms with van der Waals surface area (Å²) in [6.45, 7) is 4.24. The van der Waals surface area contributed by atoms with Gasteiger partial charge in [-0.3, -0.25) is 4.79 Å². The molecule has 0 atom stereocenters. The molecule has 0 amide bonds. The maximum atomic E-state index is 11.3. The van der Waals surface area contributed by atoms with Crippen LogP contribution in [0.15, 0.2) is 23.3 Å². The molecule has 0 aliphatic heterocycles. The summed E-state index contributed by atoms with van der Waals surface area (Å²) in [5.74, 6) is 0.324. The zero-order chi connectivity index (χ0) is 9.68. The molecule has 0 bridgehead atoms. The monoisotopic (exact) mass is 178 g/mol. The zero-order valence-electron chi connectivity index (χ0n) is 8.60. The lowest BCUT2D eigenvalue weighted by Crippen LogP contribution is -1.92. The highest BCUT2D eigenvalue weighted by Crippen LogP contribution is 2.23. The first-order chi connectivity index (χ1) is 6.25. The highest BCUT2D eigenvalue weighted by Gasteiger charge is 2.16. The number of hydrogen-bond donors (Lipinski definition) is 0. The Morgan fingerprint density at radius 1 is 1.38 bits per heavy atom. The Kier molecular flexibility index (Phi) is 3.94. The second-order valence-electron chi connectivity index (χ2n) is 3.66. The first-order valence-electron chi connectivity index (χ1n) is 5.15. The van der Waals surface area contributed by atoms with Crippen molar-refractivity contribution < 1.29 is 4.79 Å². The SMILES string of the molecule is CCCC/C=C\C1=C(C)CCC1=O. The molecule has 1 heteroatoms. The number of allylic oxidation sites excluding steroid dienone is 4. The average molecular weight is 178 g/mol. The largest absolute Gasteiger partial charge is 0.294 e. The number of carbonyl (C=O) groups is 1. The summed E-state index contributed by atoms with van der Waals surface area (Å²) in [4.78, 5) is 11.3. The third kappa shape index (κ3) is 2.83. The molecule has 0 aromatic rings. The fourth-order valence-corrected chi connectivity index (χ4v) is 1.57. The molecule has 72 valence electrons. The highest BCUT2D eigenvalue weighted by molar-refractivity contribution is 6.01. The number of ketones is 1. The van der Waals surface area contributed by atoms with Crippen molar-refractivity contribution in [3.05, 3.63) is 23.3 Å². The van der Waals surface area contributed by atoms with E-state index in [1.807, 2.05) is 6.08 Å². The third-order valence-electron chi connectivity index (χ3n) is 2.50. The summed E-state index contributed by atoms with van der Waals surface area (Å²) in [6, 6.07) is 0. The first-order valence-corrected chi connectivity index (χ1v) is 5.15. The van der Waals surface area contributed by atoms with Crippen LogP contribution in [0.2, 0.25) is 0 Å². The van der Waals surface area contributed by atoms with Gasteiger partial charge in [-0.1, -0.05) is 37.5 Å². The molecule has 0 heterocycles.